The minimum Gasteiger partial charge on any atom is -0.343 e. The van der Waals surface area contributed by atoms with E-state index >= 15 is 0 Å². The summed E-state index contributed by atoms with van der Waals surface area (Å²) in [5.74, 6) is 1.73. The van der Waals surface area contributed by atoms with E-state index in [0.717, 1.165) is 73.1 Å². The number of benzene rings is 3. The largest absolute Gasteiger partial charge is 0.343 e. The monoisotopic (exact) mass is 549 g/mol. The van der Waals surface area contributed by atoms with E-state index in [1.165, 1.54) is 16.7 Å². The maximum atomic E-state index is 12.9. The first-order valence-corrected chi connectivity index (χ1v) is 15.2. The van der Waals surface area contributed by atoms with E-state index in [2.05, 4.69) is 99.4 Å². The van der Waals surface area contributed by atoms with Crippen LogP contribution in [0.3, 0.4) is 0 Å². The van der Waals surface area contributed by atoms with E-state index in [1.54, 1.807) is 11.8 Å². The van der Waals surface area contributed by atoms with Crippen molar-refractivity contribution in [2.45, 2.75) is 50.7 Å². The van der Waals surface area contributed by atoms with Gasteiger partial charge in [-0.2, -0.15) is 0 Å². The molecule has 6 rings (SSSR count). The van der Waals surface area contributed by atoms with Gasteiger partial charge in [0.2, 0.25) is 11.1 Å². The van der Waals surface area contributed by atoms with Gasteiger partial charge in [0.25, 0.3) is 0 Å². The van der Waals surface area contributed by atoms with E-state index in [1.807, 2.05) is 6.07 Å². The second-order valence-corrected chi connectivity index (χ2v) is 11.9. The van der Waals surface area contributed by atoms with E-state index in [4.69, 9.17) is 4.98 Å². The van der Waals surface area contributed by atoms with E-state index < -0.39 is 0 Å². The standard InChI is InChI=1S/C33H35N5OS/c1-24-13-15-27(16-14-24)23-38-29-11-6-5-10-28(29)31-32(38)34-33(36-35-31)40-21-7-12-30(39)37-19-17-26(18-20-37)22-25-8-3-2-4-9-25/h2-6,8-11,13-16,26H,7,12,17-23H2,1H3. The Kier molecular flexibility index (Phi) is 8.09. The van der Waals surface area contributed by atoms with Crippen LogP contribution in [-0.2, 0) is 17.8 Å². The topological polar surface area (TPSA) is 63.9 Å². The van der Waals surface area contributed by atoms with Crippen molar-refractivity contribution < 1.29 is 4.79 Å². The molecule has 3 heterocycles. The van der Waals surface area contributed by atoms with Crippen LogP contribution in [0.2, 0.25) is 0 Å². The molecule has 0 bridgehead atoms. The van der Waals surface area contributed by atoms with Crippen molar-refractivity contribution in [2.24, 2.45) is 5.92 Å². The predicted molar refractivity (Wildman–Crippen MR) is 163 cm³/mol. The van der Waals surface area contributed by atoms with Crippen LogP contribution in [0.25, 0.3) is 22.1 Å². The molecule has 0 spiro atoms. The molecule has 0 radical (unpaired) electrons. The van der Waals surface area contributed by atoms with Crippen molar-refractivity contribution in [1.82, 2.24) is 24.6 Å². The van der Waals surface area contributed by atoms with Crippen LogP contribution in [0.5, 0.6) is 0 Å². The molecule has 5 aromatic rings. The first-order valence-electron chi connectivity index (χ1n) is 14.3. The lowest BCUT2D eigenvalue weighted by Crippen LogP contribution is -2.38. The lowest BCUT2D eigenvalue weighted by molar-refractivity contribution is -0.132. The molecule has 0 unspecified atom stereocenters. The SMILES string of the molecule is Cc1ccc(Cn2c3ccccc3c3nnc(SCCCC(=O)N4CCC(Cc5ccccc5)CC4)nc32)cc1. The molecule has 0 atom stereocenters. The van der Waals surface area contributed by atoms with Gasteiger partial charge in [-0.05, 0) is 55.7 Å². The molecule has 40 heavy (non-hydrogen) atoms. The van der Waals surface area contributed by atoms with Gasteiger partial charge in [0.15, 0.2) is 5.65 Å². The Morgan fingerprint density at radius 3 is 2.45 bits per heavy atom. The van der Waals surface area contributed by atoms with Crippen LogP contribution in [0.4, 0.5) is 0 Å². The third-order valence-electron chi connectivity index (χ3n) is 7.92. The molecule has 7 heteroatoms. The Morgan fingerprint density at radius 1 is 0.900 bits per heavy atom. The van der Waals surface area contributed by atoms with E-state index in [9.17, 15) is 4.79 Å². The van der Waals surface area contributed by atoms with Crippen molar-refractivity contribution >= 4 is 39.7 Å². The number of rotatable bonds is 9. The second kappa shape index (κ2) is 12.2. The average Bonchev–Trinajstić information content (AvgIpc) is 3.30. The highest BCUT2D eigenvalue weighted by Crippen LogP contribution is 2.28. The molecule has 0 N–H and O–H groups in total. The molecule has 1 aliphatic rings. The fourth-order valence-corrected chi connectivity index (χ4v) is 6.39. The number of aryl methyl sites for hydroxylation is 1. The number of carbonyl (C=O) groups is 1. The quantitative estimate of drug-likeness (QED) is 0.151. The molecule has 0 aliphatic carbocycles. The molecular formula is C33H35N5OS. The van der Waals surface area contributed by atoms with Crippen molar-refractivity contribution in [2.75, 3.05) is 18.8 Å². The summed E-state index contributed by atoms with van der Waals surface area (Å²) in [7, 11) is 0. The number of likely N-dealkylation sites (tertiary alicyclic amines) is 1. The molecule has 1 fully saturated rings. The number of fused-ring (bicyclic) bond motifs is 3. The van der Waals surface area contributed by atoms with Gasteiger partial charge in [-0.25, -0.2) is 4.98 Å². The maximum absolute atomic E-state index is 12.9. The molecule has 1 aliphatic heterocycles. The number of nitrogens with zero attached hydrogens (tertiary/aromatic N) is 5. The summed E-state index contributed by atoms with van der Waals surface area (Å²) < 4.78 is 2.24. The van der Waals surface area contributed by atoms with Gasteiger partial charge in [-0.15, -0.1) is 10.2 Å². The number of hydrogen-bond donors (Lipinski definition) is 0. The number of para-hydroxylation sites is 1. The number of hydrogen-bond acceptors (Lipinski definition) is 5. The second-order valence-electron chi connectivity index (χ2n) is 10.8. The third kappa shape index (κ3) is 6.04. The van der Waals surface area contributed by atoms with Gasteiger partial charge in [0, 0.05) is 37.2 Å². The van der Waals surface area contributed by atoms with Crippen molar-refractivity contribution in [3.05, 3.63) is 95.6 Å². The minimum absolute atomic E-state index is 0.270. The Balaban J connectivity index is 1.05. The first-order chi connectivity index (χ1) is 19.6. The van der Waals surface area contributed by atoms with Crippen LogP contribution in [0.15, 0.2) is 84.0 Å². The summed E-state index contributed by atoms with van der Waals surface area (Å²) in [5.41, 5.74) is 6.67. The zero-order valence-electron chi connectivity index (χ0n) is 23.0. The Hall–Kier alpha value is -3.71. The van der Waals surface area contributed by atoms with Crippen LogP contribution in [0.1, 0.15) is 42.4 Å². The summed E-state index contributed by atoms with van der Waals surface area (Å²) in [4.78, 5) is 19.8. The van der Waals surface area contributed by atoms with Crippen molar-refractivity contribution in [3.8, 4) is 0 Å². The van der Waals surface area contributed by atoms with Crippen LogP contribution < -0.4 is 0 Å². The lowest BCUT2D eigenvalue weighted by Gasteiger charge is -2.32. The predicted octanol–water partition coefficient (Wildman–Crippen LogP) is 6.69. The van der Waals surface area contributed by atoms with E-state index in [0.29, 0.717) is 17.5 Å². The van der Waals surface area contributed by atoms with E-state index in [-0.39, 0.29) is 5.91 Å². The molecule has 1 amide bonds. The number of thioether (sulfide) groups is 1. The highest BCUT2D eigenvalue weighted by Gasteiger charge is 2.23. The smallest absolute Gasteiger partial charge is 0.222 e. The molecule has 1 saturated heterocycles. The summed E-state index contributed by atoms with van der Waals surface area (Å²) in [6.45, 7) is 4.58. The number of carbonyl (C=O) groups excluding carboxylic acids is 1. The van der Waals surface area contributed by atoms with Crippen LogP contribution >= 0.6 is 11.8 Å². The Labute approximate surface area is 239 Å². The highest BCUT2D eigenvalue weighted by molar-refractivity contribution is 7.99. The van der Waals surface area contributed by atoms with Gasteiger partial charge in [0.1, 0.15) is 5.52 Å². The van der Waals surface area contributed by atoms with Gasteiger partial charge in [-0.3, -0.25) is 4.79 Å². The molecule has 0 saturated carbocycles. The zero-order valence-corrected chi connectivity index (χ0v) is 23.8. The normalized spacial score (nSPS) is 14.3. The summed E-state index contributed by atoms with van der Waals surface area (Å²) in [6.07, 6.45) is 4.67. The lowest BCUT2D eigenvalue weighted by atomic mass is 9.90. The van der Waals surface area contributed by atoms with Gasteiger partial charge in [-0.1, -0.05) is 90.1 Å². The summed E-state index contributed by atoms with van der Waals surface area (Å²) >= 11 is 1.58. The minimum atomic E-state index is 0.270. The zero-order chi connectivity index (χ0) is 27.3. The van der Waals surface area contributed by atoms with Gasteiger partial charge < -0.3 is 9.47 Å². The Bertz CT molecular complexity index is 1590. The molecule has 204 valence electrons. The van der Waals surface area contributed by atoms with Crippen molar-refractivity contribution in [3.63, 3.8) is 0 Å². The third-order valence-corrected chi connectivity index (χ3v) is 8.84. The van der Waals surface area contributed by atoms with Gasteiger partial charge in [0.05, 0.1) is 5.52 Å². The summed E-state index contributed by atoms with van der Waals surface area (Å²) in [6, 6.07) is 27.6. The fraction of sp³-hybridized carbons (Fsp3) is 0.333. The van der Waals surface area contributed by atoms with Gasteiger partial charge >= 0.3 is 0 Å². The molecule has 3 aromatic carbocycles. The van der Waals surface area contributed by atoms with Crippen molar-refractivity contribution in [1.29, 1.82) is 0 Å². The first kappa shape index (κ1) is 26.5. The number of piperidine rings is 1. The summed E-state index contributed by atoms with van der Waals surface area (Å²) in [5, 5.41) is 10.7. The van der Waals surface area contributed by atoms with Crippen LogP contribution in [-0.4, -0.2) is 49.4 Å². The highest BCUT2D eigenvalue weighted by atomic mass is 32.2. The molecule has 6 nitrogen and oxygen atoms in total. The Morgan fingerprint density at radius 2 is 1.65 bits per heavy atom. The average molecular weight is 550 g/mol. The number of amides is 1. The molecular weight excluding hydrogens is 514 g/mol. The van der Waals surface area contributed by atoms with Crippen LogP contribution in [0, 0.1) is 12.8 Å². The maximum Gasteiger partial charge on any atom is 0.222 e. The molecule has 2 aromatic heterocycles. The fourth-order valence-electron chi connectivity index (χ4n) is 5.67. The number of aromatic nitrogens is 4.